The quantitative estimate of drug-likeness (QED) is 0.342. The molecule has 0 spiro atoms. The minimum Gasteiger partial charge on any atom is -0.339 e. The Morgan fingerprint density at radius 1 is 0.848 bits per heavy atom. The number of carbonyl (C=O) groups excluding carboxylic acids is 1. The molecule has 0 aliphatic heterocycles. The normalized spacial score (nSPS) is 10.7. The van der Waals surface area contributed by atoms with Gasteiger partial charge in [0.05, 0.1) is 5.69 Å². The van der Waals surface area contributed by atoms with E-state index >= 15 is 0 Å². The van der Waals surface area contributed by atoms with E-state index in [0.717, 1.165) is 28.2 Å². The van der Waals surface area contributed by atoms with E-state index in [9.17, 15) is 4.79 Å². The highest BCUT2D eigenvalue weighted by atomic mass is 35.5. The molecule has 0 atom stereocenters. The predicted molar refractivity (Wildman–Crippen MR) is 132 cm³/mol. The van der Waals surface area contributed by atoms with Gasteiger partial charge in [-0.25, -0.2) is 9.48 Å². The van der Waals surface area contributed by atoms with Gasteiger partial charge in [0, 0.05) is 27.8 Å². The van der Waals surface area contributed by atoms with E-state index in [1.54, 1.807) is 28.9 Å². The summed E-state index contributed by atoms with van der Waals surface area (Å²) >= 11 is 6.10. The van der Waals surface area contributed by atoms with Gasteiger partial charge in [-0.15, -0.1) is 10.2 Å². The maximum absolute atomic E-state index is 12.2. The van der Waals surface area contributed by atoms with Crippen molar-refractivity contribution in [1.29, 1.82) is 0 Å². The van der Waals surface area contributed by atoms with E-state index < -0.39 is 0 Å². The third-order valence-electron chi connectivity index (χ3n) is 5.37. The summed E-state index contributed by atoms with van der Waals surface area (Å²) in [5.41, 5.74) is 6.20. The topological polar surface area (TPSA) is 96.8 Å². The molecule has 168 valence electrons. The number of nitrogens with one attached hydrogen (secondary N) is 3. The van der Waals surface area contributed by atoms with Crippen molar-refractivity contribution in [2.24, 2.45) is 0 Å². The summed E-state index contributed by atoms with van der Waals surface area (Å²) in [6.45, 7) is 7.93. The van der Waals surface area contributed by atoms with E-state index in [2.05, 4.69) is 31.2 Å². The van der Waals surface area contributed by atoms with Crippen LogP contribution in [0.1, 0.15) is 22.5 Å². The summed E-state index contributed by atoms with van der Waals surface area (Å²) in [6, 6.07) is 16.0. The molecule has 0 aliphatic rings. The molecular formula is C24H24ClN7O. The number of hydrogen-bond acceptors (Lipinski definition) is 5. The van der Waals surface area contributed by atoms with E-state index in [-0.39, 0.29) is 6.03 Å². The molecule has 0 aliphatic carbocycles. The fraction of sp³-hybridized carbons (Fsp3) is 0.167. The molecule has 4 rings (SSSR count). The fourth-order valence-corrected chi connectivity index (χ4v) is 3.38. The maximum atomic E-state index is 12.2. The number of halogens is 1. The number of rotatable bonds is 5. The van der Waals surface area contributed by atoms with Crippen LogP contribution in [0.25, 0.3) is 5.82 Å². The Labute approximate surface area is 197 Å². The van der Waals surface area contributed by atoms with Gasteiger partial charge in [-0.3, -0.25) is 0 Å². The Kier molecular flexibility index (Phi) is 6.28. The van der Waals surface area contributed by atoms with Crippen LogP contribution in [-0.2, 0) is 0 Å². The smallest absolute Gasteiger partial charge is 0.323 e. The monoisotopic (exact) mass is 461 g/mol. The summed E-state index contributed by atoms with van der Waals surface area (Å²) in [5.74, 6) is 1.27. The predicted octanol–water partition coefficient (Wildman–Crippen LogP) is 5.94. The zero-order chi connectivity index (χ0) is 23.5. The first kappa shape index (κ1) is 22.3. The van der Waals surface area contributed by atoms with Gasteiger partial charge in [-0.1, -0.05) is 17.7 Å². The number of aryl methyl sites for hydroxylation is 2. The van der Waals surface area contributed by atoms with Crippen LogP contribution in [0.3, 0.4) is 0 Å². The summed E-state index contributed by atoms with van der Waals surface area (Å²) in [4.78, 5) is 12.2. The van der Waals surface area contributed by atoms with Crippen LogP contribution in [0.5, 0.6) is 0 Å². The molecule has 0 fully saturated rings. The minimum atomic E-state index is -0.350. The van der Waals surface area contributed by atoms with Crippen LogP contribution in [0.15, 0.2) is 54.6 Å². The van der Waals surface area contributed by atoms with Gasteiger partial charge in [-0.2, -0.15) is 5.10 Å². The number of amides is 2. The molecule has 2 amide bonds. The third kappa shape index (κ3) is 5.12. The number of carbonyl (C=O) groups is 1. The second kappa shape index (κ2) is 9.30. The average Bonchev–Trinajstić information content (AvgIpc) is 3.05. The van der Waals surface area contributed by atoms with Crippen LogP contribution in [0, 0.1) is 27.7 Å². The highest BCUT2D eigenvalue weighted by Gasteiger charge is 2.10. The van der Waals surface area contributed by atoms with Crippen LogP contribution in [0.4, 0.5) is 27.7 Å². The molecule has 33 heavy (non-hydrogen) atoms. The Balaban J connectivity index is 1.36. The lowest BCUT2D eigenvalue weighted by atomic mass is 10.2. The molecular weight excluding hydrogens is 438 g/mol. The molecule has 0 radical (unpaired) electrons. The van der Waals surface area contributed by atoms with Crippen molar-refractivity contribution in [2.45, 2.75) is 27.7 Å². The van der Waals surface area contributed by atoms with E-state index in [0.29, 0.717) is 28.0 Å². The zero-order valence-electron chi connectivity index (χ0n) is 18.8. The molecule has 2 heterocycles. The van der Waals surface area contributed by atoms with Gasteiger partial charge >= 0.3 is 6.03 Å². The third-order valence-corrected chi connectivity index (χ3v) is 5.77. The Bertz CT molecular complexity index is 1300. The number of benzene rings is 2. The first-order chi connectivity index (χ1) is 15.8. The van der Waals surface area contributed by atoms with Crippen molar-refractivity contribution in [3.63, 3.8) is 0 Å². The van der Waals surface area contributed by atoms with Gasteiger partial charge in [-0.05, 0) is 87.4 Å². The standard InChI is InChI=1S/C24H24ClN7O/c1-14-5-6-20(13-21(14)25)28-24(33)27-19-9-7-18(8-10-19)26-22-11-12-23(30-29-22)32-17(4)15(2)16(3)31-32/h5-13H,1-4H3,(H,26,29)(H2,27,28,33). The van der Waals surface area contributed by atoms with Crippen LogP contribution < -0.4 is 16.0 Å². The summed E-state index contributed by atoms with van der Waals surface area (Å²) in [7, 11) is 0. The molecule has 0 unspecified atom stereocenters. The molecule has 0 saturated heterocycles. The van der Waals surface area contributed by atoms with Gasteiger partial charge in [0.15, 0.2) is 11.6 Å². The minimum absolute atomic E-state index is 0.350. The van der Waals surface area contributed by atoms with E-state index in [4.69, 9.17) is 11.6 Å². The lowest BCUT2D eigenvalue weighted by molar-refractivity contribution is 0.262. The Hall–Kier alpha value is -3.91. The molecule has 4 aromatic rings. The molecule has 0 saturated carbocycles. The zero-order valence-corrected chi connectivity index (χ0v) is 19.5. The van der Waals surface area contributed by atoms with Crippen LogP contribution in [0.2, 0.25) is 5.02 Å². The molecule has 2 aromatic carbocycles. The first-order valence-corrected chi connectivity index (χ1v) is 10.8. The number of anilines is 4. The highest BCUT2D eigenvalue weighted by molar-refractivity contribution is 6.31. The summed E-state index contributed by atoms with van der Waals surface area (Å²) < 4.78 is 1.79. The van der Waals surface area contributed by atoms with Crippen LogP contribution >= 0.6 is 11.6 Å². The largest absolute Gasteiger partial charge is 0.339 e. The SMILES string of the molecule is Cc1ccc(NC(=O)Nc2ccc(Nc3ccc(-n4nc(C)c(C)c4C)nn3)cc2)cc1Cl. The van der Waals surface area contributed by atoms with Gasteiger partial charge < -0.3 is 16.0 Å². The number of urea groups is 1. The first-order valence-electron chi connectivity index (χ1n) is 10.4. The molecule has 0 bridgehead atoms. The fourth-order valence-electron chi connectivity index (χ4n) is 3.20. The molecule has 9 heteroatoms. The lowest BCUT2D eigenvalue weighted by Gasteiger charge is -2.10. The van der Waals surface area contributed by atoms with Crippen molar-refractivity contribution in [3.8, 4) is 5.82 Å². The Morgan fingerprint density at radius 3 is 2.12 bits per heavy atom. The number of hydrogen-bond donors (Lipinski definition) is 3. The van der Waals surface area contributed by atoms with E-state index in [1.165, 1.54) is 0 Å². The van der Waals surface area contributed by atoms with Crippen molar-refractivity contribution < 1.29 is 4.79 Å². The number of aromatic nitrogens is 4. The van der Waals surface area contributed by atoms with Crippen LogP contribution in [-0.4, -0.2) is 26.0 Å². The molecule has 8 nitrogen and oxygen atoms in total. The van der Waals surface area contributed by atoms with Gasteiger partial charge in [0.1, 0.15) is 0 Å². The van der Waals surface area contributed by atoms with Gasteiger partial charge in [0.2, 0.25) is 0 Å². The second-order valence-corrected chi connectivity index (χ2v) is 8.14. The summed E-state index contributed by atoms with van der Waals surface area (Å²) in [5, 5.41) is 22.4. The second-order valence-electron chi connectivity index (χ2n) is 7.73. The van der Waals surface area contributed by atoms with Crippen molar-refractivity contribution in [3.05, 3.63) is 82.1 Å². The molecule has 3 N–H and O–H groups in total. The lowest BCUT2D eigenvalue weighted by Crippen LogP contribution is -2.19. The Morgan fingerprint density at radius 2 is 1.52 bits per heavy atom. The van der Waals surface area contributed by atoms with Crippen molar-refractivity contribution in [1.82, 2.24) is 20.0 Å². The van der Waals surface area contributed by atoms with Gasteiger partial charge in [0.25, 0.3) is 0 Å². The maximum Gasteiger partial charge on any atom is 0.323 e. The molecule has 2 aromatic heterocycles. The summed E-state index contributed by atoms with van der Waals surface area (Å²) in [6.07, 6.45) is 0. The highest BCUT2D eigenvalue weighted by Crippen LogP contribution is 2.21. The van der Waals surface area contributed by atoms with Crippen molar-refractivity contribution >= 4 is 40.5 Å². The van der Waals surface area contributed by atoms with Crippen molar-refractivity contribution in [2.75, 3.05) is 16.0 Å². The average molecular weight is 462 g/mol. The number of nitrogens with zero attached hydrogens (tertiary/aromatic N) is 4. The van der Waals surface area contributed by atoms with E-state index in [1.807, 2.05) is 58.0 Å².